The zero-order valence-corrected chi connectivity index (χ0v) is 31.4. The van der Waals surface area contributed by atoms with Crippen molar-refractivity contribution in [2.75, 3.05) is 4.90 Å². The normalized spacial score (nSPS) is 11.6. The SMILES string of the molecule is c1ccc(-c2ccc(N(c3ccc(-c4ccc(-c5cc6ccccc6c6ccccc56)cc4)cc3)c3cccc4sc5cc6ccccc6cc5c34)cc2)cc1. The molecule has 0 fully saturated rings. The third-order valence-corrected chi connectivity index (χ3v) is 12.4. The summed E-state index contributed by atoms with van der Waals surface area (Å²) in [7, 11) is 0. The van der Waals surface area contributed by atoms with Gasteiger partial charge in [0.15, 0.2) is 0 Å². The van der Waals surface area contributed by atoms with E-state index >= 15 is 0 Å². The average Bonchev–Trinajstić information content (AvgIpc) is 3.64. The minimum atomic E-state index is 1.12. The number of anilines is 3. The molecule has 0 aliphatic carbocycles. The minimum Gasteiger partial charge on any atom is -0.310 e. The van der Waals surface area contributed by atoms with Crippen LogP contribution < -0.4 is 4.90 Å². The fourth-order valence-corrected chi connectivity index (χ4v) is 9.64. The van der Waals surface area contributed by atoms with Crippen molar-refractivity contribution >= 4 is 80.9 Å². The average molecular weight is 730 g/mol. The van der Waals surface area contributed by atoms with Crippen LogP contribution in [0.15, 0.2) is 212 Å². The largest absolute Gasteiger partial charge is 0.310 e. The highest BCUT2D eigenvalue weighted by molar-refractivity contribution is 7.26. The quantitative estimate of drug-likeness (QED) is 0.154. The Kier molecular flexibility index (Phi) is 7.75. The predicted molar refractivity (Wildman–Crippen MR) is 243 cm³/mol. The van der Waals surface area contributed by atoms with Crippen LogP contribution in [0.25, 0.3) is 85.9 Å². The van der Waals surface area contributed by atoms with Crippen molar-refractivity contribution in [2.24, 2.45) is 0 Å². The van der Waals surface area contributed by atoms with Gasteiger partial charge in [-0.25, -0.2) is 0 Å². The molecule has 56 heavy (non-hydrogen) atoms. The lowest BCUT2D eigenvalue weighted by molar-refractivity contribution is 1.30. The Hall–Kier alpha value is -7.00. The molecule has 11 rings (SSSR count). The van der Waals surface area contributed by atoms with E-state index in [1.54, 1.807) is 0 Å². The fourth-order valence-electron chi connectivity index (χ4n) is 8.48. The first kappa shape index (κ1) is 32.4. The van der Waals surface area contributed by atoms with Crippen LogP contribution in [0.1, 0.15) is 0 Å². The molecule has 0 unspecified atom stereocenters. The zero-order chi connectivity index (χ0) is 37.0. The third kappa shape index (κ3) is 5.54. The Morgan fingerprint density at radius 1 is 0.304 bits per heavy atom. The molecule has 0 aliphatic heterocycles. The van der Waals surface area contributed by atoms with Gasteiger partial charge in [-0.3, -0.25) is 0 Å². The number of rotatable bonds is 6. The van der Waals surface area contributed by atoms with E-state index in [2.05, 4.69) is 217 Å². The molecule has 0 saturated carbocycles. The molecule has 0 N–H and O–H groups in total. The van der Waals surface area contributed by atoms with Crippen molar-refractivity contribution in [3.8, 4) is 33.4 Å². The van der Waals surface area contributed by atoms with Gasteiger partial charge in [-0.2, -0.15) is 0 Å². The van der Waals surface area contributed by atoms with Crippen LogP contribution in [0, 0.1) is 0 Å². The van der Waals surface area contributed by atoms with E-state index in [-0.39, 0.29) is 0 Å². The number of hydrogen-bond donors (Lipinski definition) is 0. The van der Waals surface area contributed by atoms with Gasteiger partial charge in [0.25, 0.3) is 0 Å². The molecule has 11 aromatic rings. The van der Waals surface area contributed by atoms with E-state index in [1.165, 1.54) is 91.6 Å². The molecule has 0 spiro atoms. The van der Waals surface area contributed by atoms with Gasteiger partial charge in [0.2, 0.25) is 0 Å². The van der Waals surface area contributed by atoms with E-state index in [1.807, 2.05) is 11.3 Å². The summed E-state index contributed by atoms with van der Waals surface area (Å²) in [5.41, 5.74) is 10.7. The second-order valence-electron chi connectivity index (χ2n) is 14.5. The van der Waals surface area contributed by atoms with E-state index < -0.39 is 0 Å². The van der Waals surface area contributed by atoms with Crippen molar-refractivity contribution in [1.29, 1.82) is 0 Å². The van der Waals surface area contributed by atoms with Crippen molar-refractivity contribution in [2.45, 2.75) is 0 Å². The molecule has 0 atom stereocenters. The first-order valence-corrected chi connectivity index (χ1v) is 20.0. The molecule has 10 aromatic carbocycles. The Labute approximate surface area is 330 Å². The highest BCUT2D eigenvalue weighted by atomic mass is 32.1. The van der Waals surface area contributed by atoms with E-state index in [0.717, 1.165) is 11.4 Å². The molecular weight excluding hydrogens is 695 g/mol. The van der Waals surface area contributed by atoms with Crippen LogP contribution in [-0.4, -0.2) is 0 Å². The van der Waals surface area contributed by atoms with Crippen LogP contribution in [-0.2, 0) is 0 Å². The van der Waals surface area contributed by atoms with Gasteiger partial charge < -0.3 is 4.90 Å². The van der Waals surface area contributed by atoms with Crippen molar-refractivity contribution in [1.82, 2.24) is 0 Å². The van der Waals surface area contributed by atoms with Gasteiger partial charge in [0.05, 0.1) is 5.69 Å². The number of nitrogens with zero attached hydrogens (tertiary/aromatic N) is 1. The molecule has 262 valence electrons. The maximum absolute atomic E-state index is 2.43. The fraction of sp³-hybridized carbons (Fsp3) is 0. The van der Waals surface area contributed by atoms with Crippen LogP contribution >= 0.6 is 11.3 Å². The molecule has 0 radical (unpaired) electrons. The summed E-state index contributed by atoms with van der Waals surface area (Å²) in [6, 6.07) is 77.7. The van der Waals surface area contributed by atoms with Crippen LogP contribution in [0.5, 0.6) is 0 Å². The predicted octanol–water partition coefficient (Wildman–Crippen LogP) is 16.0. The topological polar surface area (TPSA) is 3.24 Å². The van der Waals surface area contributed by atoms with Crippen molar-refractivity contribution in [3.05, 3.63) is 212 Å². The van der Waals surface area contributed by atoms with Crippen molar-refractivity contribution in [3.63, 3.8) is 0 Å². The minimum absolute atomic E-state index is 1.12. The van der Waals surface area contributed by atoms with Gasteiger partial charge in [0, 0.05) is 31.5 Å². The standard InChI is InChI=1S/C54H35NS/c1-2-11-36(12-3-1)38-25-29-44(30-26-38)55(51-19-10-20-52-54(51)50-33-41-13-4-5-14-42(41)35-53(50)56-52)45-31-27-39(28-32-45)37-21-23-40(24-22-37)49-34-43-15-6-7-16-46(43)47-17-8-9-18-48(47)49/h1-35H. The van der Waals surface area contributed by atoms with Crippen LogP contribution in [0.2, 0.25) is 0 Å². The molecule has 0 aliphatic rings. The molecule has 0 saturated heterocycles. The third-order valence-electron chi connectivity index (χ3n) is 11.2. The summed E-state index contributed by atoms with van der Waals surface area (Å²) >= 11 is 1.87. The first-order valence-electron chi connectivity index (χ1n) is 19.2. The summed E-state index contributed by atoms with van der Waals surface area (Å²) in [6.07, 6.45) is 0. The van der Waals surface area contributed by atoms with E-state index in [0.29, 0.717) is 0 Å². The molecule has 0 amide bonds. The maximum atomic E-state index is 2.43. The van der Waals surface area contributed by atoms with Gasteiger partial charge in [-0.1, -0.05) is 158 Å². The molecule has 1 nitrogen and oxygen atoms in total. The van der Waals surface area contributed by atoms with Crippen LogP contribution in [0.4, 0.5) is 17.1 Å². The molecule has 2 heteroatoms. The Balaban J connectivity index is 1.01. The number of hydrogen-bond acceptors (Lipinski definition) is 2. The lowest BCUT2D eigenvalue weighted by atomic mass is 9.92. The summed E-state index contributed by atoms with van der Waals surface area (Å²) in [4.78, 5) is 2.43. The summed E-state index contributed by atoms with van der Waals surface area (Å²) in [5, 5.41) is 10.2. The first-order chi connectivity index (χ1) is 27.7. The number of benzene rings is 10. The second kappa shape index (κ2) is 13.4. The summed E-state index contributed by atoms with van der Waals surface area (Å²) in [5.74, 6) is 0. The lowest BCUT2D eigenvalue weighted by Gasteiger charge is -2.27. The Bertz CT molecular complexity index is 3210. The Morgan fingerprint density at radius 2 is 0.821 bits per heavy atom. The maximum Gasteiger partial charge on any atom is 0.0554 e. The van der Waals surface area contributed by atoms with Crippen LogP contribution in [0.3, 0.4) is 0 Å². The highest BCUT2D eigenvalue weighted by Gasteiger charge is 2.19. The second-order valence-corrected chi connectivity index (χ2v) is 15.6. The van der Waals surface area contributed by atoms with Gasteiger partial charge in [0.1, 0.15) is 0 Å². The monoisotopic (exact) mass is 729 g/mol. The van der Waals surface area contributed by atoms with E-state index in [4.69, 9.17) is 0 Å². The van der Waals surface area contributed by atoms with Gasteiger partial charge in [-0.15, -0.1) is 11.3 Å². The molecule has 0 bridgehead atoms. The smallest absolute Gasteiger partial charge is 0.0554 e. The van der Waals surface area contributed by atoms with Gasteiger partial charge >= 0.3 is 0 Å². The Morgan fingerprint density at radius 3 is 1.50 bits per heavy atom. The highest BCUT2D eigenvalue weighted by Crippen LogP contribution is 2.46. The number of thiophene rings is 1. The molecule has 1 aromatic heterocycles. The lowest BCUT2D eigenvalue weighted by Crippen LogP contribution is -2.10. The summed E-state index contributed by atoms with van der Waals surface area (Å²) in [6.45, 7) is 0. The zero-order valence-electron chi connectivity index (χ0n) is 30.6. The molecular formula is C54H35NS. The van der Waals surface area contributed by atoms with Gasteiger partial charge in [-0.05, 0) is 120 Å². The van der Waals surface area contributed by atoms with Crippen molar-refractivity contribution < 1.29 is 0 Å². The van der Waals surface area contributed by atoms with E-state index in [9.17, 15) is 0 Å². The molecule has 1 heterocycles. The summed E-state index contributed by atoms with van der Waals surface area (Å²) < 4.78 is 2.59. The number of fused-ring (bicyclic) bond motifs is 7.